The van der Waals surface area contributed by atoms with Crippen molar-refractivity contribution in [3.05, 3.63) is 33.9 Å². The van der Waals surface area contributed by atoms with E-state index in [2.05, 4.69) is 5.32 Å². The summed E-state index contributed by atoms with van der Waals surface area (Å²) in [5.41, 5.74) is -0.193. The van der Waals surface area contributed by atoms with E-state index in [0.717, 1.165) is 31.7 Å². The van der Waals surface area contributed by atoms with Gasteiger partial charge in [-0.3, -0.25) is 19.7 Å². The Kier molecular flexibility index (Phi) is 6.32. The number of ether oxygens (including phenoxy) is 1. The normalized spacial score (nSPS) is 20.8. The molecular formula is C17H22N2O6. The number of hydrogen-bond acceptors (Lipinski definition) is 5. The lowest BCUT2D eigenvalue weighted by molar-refractivity contribution is -0.385. The minimum Gasteiger partial charge on any atom is -0.490 e. The number of nitro benzene ring substituents is 1. The van der Waals surface area contributed by atoms with Crippen molar-refractivity contribution in [3.63, 3.8) is 0 Å². The van der Waals surface area contributed by atoms with E-state index < -0.39 is 28.8 Å². The average molecular weight is 350 g/mol. The summed E-state index contributed by atoms with van der Waals surface area (Å²) in [5.74, 6) is -2.01. The first kappa shape index (κ1) is 18.7. The number of rotatable bonds is 5. The summed E-state index contributed by atoms with van der Waals surface area (Å²) in [6.07, 6.45) is 4.76. The Morgan fingerprint density at radius 2 is 1.92 bits per heavy atom. The van der Waals surface area contributed by atoms with Gasteiger partial charge in [0, 0.05) is 17.7 Å². The number of amides is 1. The summed E-state index contributed by atoms with van der Waals surface area (Å²) in [7, 11) is 1.31. The molecule has 0 radical (unpaired) electrons. The molecule has 25 heavy (non-hydrogen) atoms. The Morgan fingerprint density at radius 1 is 1.24 bits per heavy atom. The first-order chi connectivity index (χ1) is 11.9. The van der Waals surface area contributed by atoms with Gasteiger partial charge in [-0.2, -0.15) is 0 Å². The topological polar surface area (TPSA) is 119 Å². The van der Waals surface area contributed by atoms with Gasteiger partial charge in [-0.25, -0.2) is 0 Å². The summed E-state index contributed by atoms with van der Waals surface area (Å²) in [6.45, 7) is 0. The third kappa shape index (κ3) is 4.68. The largest absolute Gasteiger partial charge is 0.490 e. The highest BCUT2D eigenvalue weighted by atomic mass is 16.6. The number of carbonyl (C=O) groups excluding carboxylic acids is 1. The summed E-state index contributed by atoms with van der Waals surface area (Å²) < 4.78 is 4.92. The van der Waals surface area contributed by atoms with Crippen LogP contribution >= 0.6 is 0 Å². The summed E-state index contributed by atoms with van der Waals surface area (Å²) in [4.78, 5) is 34.5. The standard InChI is InChI=1S/C17H22N2O6/c1-25-15-9-8-11(10-14(15)19(23)24)16(20)18-13-7-5-3-2-4-6-12(13)17(21)22/h8-10,12-13H,2-7H2,1H3,(H,18,20)(H,21,22). The number of nitro groups is 1. The molecule has 0 saturated heterocycles. The van der Waals surface area contributed by atoms with E-state index in [1.165, 1.54) is 19.2 Å². The maximum atomic E-state index is 12.5. The Labute approximate surface area is 145 Å². The molecule has 0 bridgehead atoms. The Bertz CT molecular complexity index is 661. The number of hydrogen-bond donors (Lipinski definition) is 2. The van der Waals surface area contributed by atoms with Gasteiger partial charge < -0.3 is 15.2 Å². The minimum absolute atomic E-state index is 0.0657. The zero-order valence-corrected chi connectivity index (χ0v) is 14.1. The lowest BCUT2D eigenvalue weighted by Gasteiger charge is -2.27. The predicted octanol–water partition coefficient (Wildman–Crippen LogP) is 2.76. The highest BCUT2D eigenvalue weighted by Gasteiger charge is 2.30. The summed E-state index contributed by atoms with van der Waals surface area (Å²) >= 11 is 0. The summed E-state index contributed by atoms with van der Waals surface area (Å²) in [6, 6.07) is 3.46. The molecule has 0 spiro atoms. The minimum atomic E-state index is -0.923. The van der Waals surface area contributed by atoms with Crippen LogP contribution in [0.1, 0.15) is 48.9 Å². The zero-order chi connectivity index (χ0) is 18.4. The number of carboxylic acids is 1. The second-order valence-corrected chi connectivity index (χ2v) is 6.16. The maximum absolute atomic E-state index is 12.5. The Balaban J connectivity index is 2.20. The molecule has 1 fully saturated rings. The van der Waals surface area contributed by atoms with Crippen molar-refractivity contribution in [1.29, 1.82) is 0 Å². The van der Waals surface area contributed by atoms with Gasteiger partial charge in [0.15, 0.2) is 5.75 Å². The Hall–Kier alpha value is -2.64. The van der Waals surface area contributed by atoms with Crippen LogP contribution < -0.4 is 10.1 Å². The van der Waals surface area contributed by atoms with Gasteiger partial charge in [0.25, 0.3) is 5.91 Å². The number of carbonyl (C=O) groups is 2. The molecule has 2 atom stereocenters. The van der Waals surface area contributed by atoms with Crippen molar-refractivity contribution < 1.29 is 24.4 Å². The first-order valence-corrected chi connectivity index (χ1v) is 8.30. The van der Waals surface area contributed by atoms with E-state index in [0.29, 0.717) is 12.8 Å². The molecule has 1 aliphatic carbocycles. The first-order valence-electron chi connectivity index (χ1n) is 8.30. The van der Waals surface area contributed by atoms with Crippen molar-refractivity contribution in [1.82, 2.24) is 5.32 Å². The molecule has 1 aromatic rings. The van der Waals surface area contributed by atoms with Crippen molar-refractivity contribution in [2.45, 2.75) is 44.6 Å². The Morgan fingerprint density at radius 3 is 2.52 bits per heavy atom. The van der Waals surface area contributed by atoms with Gasteiger partial charge in [0.05, 0.1) is 18.0 Å². The molecule has 1 amide bonds. The van der Waals surface area contributed by atoms with Gasteiger partial charge in [-0.15, -0.1) is 0 Å². The van der Waals surface area contributed by atoms with Crippen LogP contribution in [0.4, 0.5) is 5.69 Å². The fraction of sp³-hybridized carbons (Fsp3) is 0.529. The van der Waals surface area contributed by atoms with Crippen LogP contribution in [0.15, 0.2) is 18.2 Å². The van der Waals surface area contributed by atoms with E-state index in [1.807, 2.05) is 0 Å². The van der Waals surface area contributed by atoms with Gasteiger partial charge in [0.1, 0.15) is 0 Å². The monoisotopic (exact) mass is 350 g/mol. The highest BCUT2D eigenvalue weighted by Crippen LogP contribution is 2.28. The summed E-state index contributed by atoms with van der Waals surface area (Å²) in [5, 5.41) is 23.3. The second-order valence-electron chi connectivity index (χ2n) is 6.16. The van der Waals surface area contributed by atoms with E-state index in [4.69, 9.17) is 4.74 Å². The lowest BCUT2D eigenvalue weighted by atomic mass is 9.86. The molecule has 0 heterocycles. The number of nitrogens with zero attached hydrogens (tertiary/aromatic N) is 1. The van der Waals surface area contributed by atoms with Crippen LogP contribution in [-0.4, -0.2) is 35.1 Å². The number of methoxy groups -OCH3 is 1. The predicted molar refractivity (Wildman–Crippen MR) is 89.7 cm³/mol. The van der Waals surface area contributed by atoms with Crippen molar-refractivity contribution in [3.8, 4) is 5.75 Å². The van der Waals surface area contributed by atoms with Crippen LogP contribution in [0.25, 0.3) is 0 Å². The third-order valence-electron chi connectivity index (χ3n) is 4.54. The fourth-order valence-electron chi connectivity index (χ4n) is 3.18. The zero-order valence-electron chi connectivity index (χ0n) is 14.1. The smallest absolute Gasteiger partial charge is 0.311 e. The molecular weight excluding hydrogens is 328 g/mol. The SMILES string of the molecule is COc1ccc(C(=O)NC2CCCCCCC2C(=O)O)cc1[N+](=O)[O-]. The van der Waals surface area contributed by atoms with Gasteiger partial charge >= 0.3 is 11.7 Å². The molecule has 8 nitrogen and oxygen atoms in total. The van der Waals surface area contributed by atoms with Crippen molar-refractivity contribution in [2.24, 2.45) is 5.92 Å². The third-order valence-corrected chi connectivity index (χ3v) is 4.54. The maximum Gasteiger partial charge on any atom is 0.311 e. The molecule has 1 aliphatic rings. The van der Waals surface area contributed by atoms with E-state index in [1.54, 1.807) is 0 Å². The quantitative estimate of drug-likeness (QED) is 0.622. The van der Waals surface area contributed by atoms with Crippen LogP contribution in [0.2, 0.25) is 0 Å². The van der Waals surface area contributed by atoms with Crippen LogP contribution in [0.3, 0.4) is 0 Å². The van der Waals surface area contributed by atoms with Crippen LogP contribution in [0, 0.1) is 16.0 Å². The number of aliphatic carboxylic acids is 1. The van der Waals surface area contributed by atoms with Gasteiger partial charge in [0.2, 0.25) is 0 Å². The molecule has 2 unspecified atom stereocenters. The molecule has 0 aliphatic heterocycles. The van der Waals surface area contributed by atoms with Crippen molar-refractivity contribution >= 4 is 17.6 Å². The van der Waals surface area contributed by atoms with E-state index >= 15 is 0 Å². The lowest BCUT2D eigenvalue weighted by Crippen LogP contribution is -2.43. The highest BCUT2D eigenvalue weighted by molar-refractivity contribution is 5.95. The average Bonchev–Trinajstić information content (AvgIpc) is 2.56. The molecule has 2 rings (SSSR count). The fourth-order valence-corrected chi connectivity index (χ4v) is 3.18. The van der Waals surface area contributed by atoms with Crippen molar-refractivity contribution in [2.75, 3.05) is 7.11 Å². The molecule has 2 N–H and O–H groups in total. The molecule has 136 valence electrons. The molecule has 8 heteroatoms. The molecule has 0 aromatic heterocycles. The van der Waals surface area contributed by atoms with Crippen LogP contribution in [-0.2, 0) is 4.79 Å². The second kappa shape index (κ2) is 8.46. The molecule has 1 saturated carbocycles. The molecule has 1 aromatic carbocycles. The van der Waals surface area contributed by atoms with Gasteiger partial charge in [-0.1, -0.05) is 25.7 Å². The van der Waals surface area contributed by atoms with E-state index in [-0.39, 0.29) is 17.0 Å². The van der Waals surface area contributed by atoms with Crippen LogP contribution in [0.5, 0.6) is 5.75 Å². The number of benzene rings is 1. The number of carboxylic acid groups (broad SMARTS) is 1. The van der Waals surface area contributed by atoms with E-state index in [9.17, 15) is 24.8 Å². The van der Waals surface area contributed by atoms with Gasteiger partial charge in [-0.05, 0) is 25.0 Å². The number of nitrogens with one attached hydrogen (secondary N) is 1.